The largest absolute Gasteiger partial charge is 0.426 e. The van der Waals surface area contributed by atoms with Gasteiger partial charge in [-0.25, -0.2) is 8.78 Å². The molecule has 0 aromatic heterocycles. The van der Waals surface area contributed by atoms with Crippen molar-refractivity contribution in [3.05, 3.63) is 53.6 Å². The second-order valence-electron chi connectivity index (χ2n) is 4.09. The summed E-state index contributed by atoms with van der Waals surface area (Å²) in [5, 5.41) is 0. The van der Waals surface area contributed by atoms with E-state index in [2.05, 4.69) is 0 Å². The SMILES string of the molecule is CC(=O)Oc1ccc(-c2ccc(F)cc2F)cc1C=O. The third-order valence-corrected chi connectivity index (χ3v) is 2.63. The van der Waals surface area contributed by atoms with Crippen LogP contribution >= 0.6 is 0 Å². The van der Waals surface area contributed by atoms with Crippen LogP contribution in [0.1, 0.15) is 17.3 Å². The highest BCUT2D eigenvalue weighted by Crippen LogP contribution is 2.28. The lowest BCUT2D eigenvalue weighted by Gasteiger charge is -2.08. The fourth-order valence-electron chi connectivity index (χ4n) is 1.78. The summed E-state index contributed by atoms with van der Waals surface area (Å²) >= 11 is 0. The van der Waals surface area contributed by atoms with Crippen LogP contribution in [0.4, 0.5) is 8.78 Å². The molecular weight excluding hydrogens is 266 g/mol. The molecule has 0 atom stereocenters. The van der Waals surface area contributed by atoms with E-state index >= 15 is 0 Å². The minimum Gasteiger partial charge on any atom is -0.426 e. The Morgan fingerprint density at radius 2 is 1.90 bits per heavy atom. The van der Waals surface area contributed by atoms with Crippen molar-refractivity contribution in [1.82, 2.24) is 0 Å². The van der Waals surface area contributed by atoms with Crippen LogP contribution in [-0.4, -0.2) is 12.3 Å². The Kier molecular flexibility index (Phi) is 3.89. The second kappa shape index (κ2) is 5.61. The van der Waals surface area contributed by atoms with Gasteiger partial charge in [-0.2, -0.15) is 0 Å². The first-order chi connectivity index (χ1) is 9.51. The third kappa shape index (κ3) is 2.88. The Bertz CT molecular complexity index is 681. The predicted octanol–water partition coefficient (Wildman–Crippen LogP) is 3.37. The minimum atomic E-state index is -0.734. The molecule has 20 heavy (non-hydrogen) atoms. The zero-order chi connectivity index (χ0) is 14.7. The molecule has 102 valence electrons. The molecule has 0 fully saturated rings. The van der Waals surface area contributed by atoms with Crippen LogP contribution in [0.5, 0.6) is 5.75 Å². The van der Waals surface area contributed by atoms with Crippen LogP contribution in [0.2, 0.25) is 0 Å². The number of aldehydes is 1. The van der Waals surface area contributed by atoms with Crippen molar-refractivity contribution in [2.75, 3.05) is 0 Å². The molecule has 2 aromatic rings. The Balaban J connectivity index is 2.48. The maximum atomic E-state index is 13.7. The summed E-state index contributed by atoms with van der Waals surface area (Å²) < 4.78 is 31.4. The molecule has 0 radical (unpaired) electrons. The number of hydrogen-bond donors (Lipinski definition) is 0. The normalized spacial score (nSPS) is 10.2. The van der Waals surface area contributed by atoms with Gasteiger partial charge in [0.15, 0.2) is 6.29 Å². The number of rotatable bonds is 3. The summed E-state index contributed by atoms with van der Waals surface area (Å²) in [5.74, 6) is -1.88. The number of esters is 1. The summed E-state index contributed by atoms with van der Waals surface area (Å²) in [5.41, 5.74) is 0.658. The summed E-state index contributed by atoms with van der Waals surface area (Å²) in [6.07, 6.45) is 0.503. The molecule has 2 aromatic carbocycles. The molecule has 0 aliphatic heterocycles. The zero-order valence-electron chi connectivity index (χ0n) is 10.5. The molecule has 0 amide bonds. The molecule has 2 rings (SSSR count). The summed E-state index contributed by atoms with van der Waals surface area (Å²) in [6, 6.07) is 7.42. The lowest BCUT2D eigenvalue weighted by molar-refractivity contribution is -0.131. The van der Waals surface area contributed by atoms with Gasteiger partial charge in [-0.15, -0.1) is 0 Å². The summed E-state index contributed by atoms with van der Waals surface area (Å²) in [6.45, 7) is 1.21. The number of carbonyl (C=O) groups excluding carboxylic acids is 2. The Labute approximate surface area is 113 Å². The summed E-state index contributed by atoms with van der Waals surface area (Å²) in [4.78, 5) is 21.9. The number of benzene rings is 2. The van der Waals surface area contributed by atoms with E-state index < -0.39 is 17.6 Å². The van der Waals surface area contributed by atoms with Crippen molar-refractivity contribution >= 4 is 12.3 Å². The molecule has 0 spiro atoms. The average Bonchev–Trinajstić information content (AvgIpc) is 2.39. The maximum Gasteiger partial charge on any atom is 0.308 e. The third-order valence-electron chi connectivity index (χ3n) is 2.63. The van der Waals surface area contributed by atoms with Gasteiger partial charge in [-0.1, -0.05) is 6.07 Å². The molecule has 0 N–H and O–H groups in total. The molecule has 0 saturated heterocycles. The minimum absolute atomic E-state index is 0.0961. The molecule has 3 nitrogen and oxygen atoms in total. The molecule has 5 heteroatoms. The fourth-order valence-corrected chi connectivity index (χ4v) is 1.78. The van der Waals surface area contributed by atoms with Gasteiger partial charge in [0.05, 0.1) is 5.56 Å². The molecular formula is C15H10F2O3. The van der Waals surface area contributed by atoms with Gasteiger partial charge in [0.25, 0.3) is 0 Å². The van der Waals surface area contributed by atoms with Crippen molar-refractivity contribution in [2.24, 2.45) is 0 Å². The van der Waals surface area contributed by atoms with Crippen LogP contribution in [-0.2, 0) is 4.79 Å². The highest BCUT2D eigenvalue weighted by Gasteiger charge is 2.11. The Hall–Kier alpha value is -2.56. The van der Waals surface area contributed by atoms with Gasteiger partial charge in [0, 0.05) is 18.6 Å². The zero-order valence-corrected chi connectivity index (χ0v) is 10.5. The Morgan fingerprint density at radius 3 is 2.50 bits per heavy atom. The molecule has 0 aliphatic carbocycles. The van der Waals surface area contributed by atoms with Crippen LogP contribution in [0.25, 0.3) is 11.1 Å². The highest BCUT2D eigenvalue weighted by atomic mass is 19.1. The topological polar surface area (TPSA) is 43.4 Å². The van der Waals surface area contributed by atoms with Crippen LogP contribution in [0.3, 0.4) is 0 Å². The van der Waals surface area contributed by atoms with E-state index in [1.54, 1.807) is 0 Å². The van der Waals surface area contributed by atoms with Crippen molar-refractivity contribution in [2.45, 2.75) is 6.92 Å². The monoisotopic (exact) mass is 276 g/mol. The van der Waals surface area contributed by atoms with Crippen molar-refractivity contribution in [3.8, 4) is 16.9 Å². The number of halogens is 2. The first-order valence-corrected chi connectivity index (χ1v) is 5.74. The fraction of sp³-hybridized carbons (Fsp3) is 0.0667. The first-order valence-electron chi connectivity index (χ1n) is 5.74. The average molecular weight is 276 g/mol. The highest BCUT2D eigenvalue weighted by molar-refractivity contribution is 5.85. The quantitative estimate of drug-likeness (QED) is 0.490. The lowest BCUT2D eigenvalue weighted by atomic mass is 10.0. The number of ether oxygens (including phenoxy) is 1. The van der Waals surface area contributed by atoms with Gasteiger partial charge in [0.1, 0.15) is 17.4 Å². The molecule has 0 aliphatic rings. The smallest absolute Gasteiger partial charge is 0.308 e. The van der Waals surface area contributed by atoms with Gasteiger partial charge in [0.2, 0.25) is 0 Å². The number of hydrogen-bond acceptors (Lipinski definition) is 3. The van der Waals surface area contributed by atoms with Gasteiger partial charge >= 0.3 is 5.97 Å². The first kappa shape index (κ1) is 13.9. The van der Waals surface area contributed by atoms with Crippen molar-refractivity contribution in [3.63, 3.8) is 0 Å². The predicted molar refractivity (Wildman–Crippen MR) is 68.5 cm³/mol. The number of carbonyl (C=O) groups is 2. The van der Waals surface area contributed by atoms with E-state index in [0.717, 1.165) is 12.1 Å². The van der Waals surface area contributed by atoms with E-state index in [0.29, 0.717) is 11.8 Å². The van der Waals surface area contributed by atoms with Crippen molar-refractivity contribution in [1.29, 1.82) is 0 Å². The maximum absolute atomic E-state index is 13.7. The standard InChI is InChI=1S/C15H10F2O3/c1-9(19)20-15-5-2-10(6-11(15)8-18)13-4-3-12(16)7-14(13)17/h2-8H,1H3. The van der Waals surface area contributed by atoms with Crippen LogP contribution in [0.15, 0.2) is 36.4 Å². The summed E-state index contributed by atoms with van der Waals surface area (Å²) in [7, 11) is 0. The van der Waals surface area contributed by atoms with E-state index in [-0.39, 0.29) is 16.9 Å². The molecule has 0 heterocycles. The van der Waals surface area contributed by atoms with Crippen LogP contribution in [0, 0.1) is 11.6 Å². The lowest BCUT2D eigenvalue weighted by Crippen LogP contribution is -2.03. The van der Waals surface area contributed by atoms with Crippen molar-refractivity contribution < 1.29 is 23.1 Å². The molecule has 0 saturated carbocycles. The van der Waals surface area contributed by atoms with E-state index in [1.807, 2.05) is 0 Å². The molecule has 0 unspecified atom stereocenters. The van der Waals surface area contributed by atoms with Gasteiger partial charge in [-0.3, -0.25) is 9.59 Å². The second-order valence-corrected chi connectivity index (χ2v) is 4.09. The van der Waals surface area contributed by atoms with E-state index in [1.165, 1.54) is 31.2 Å². The Morgan fingerprint density at radius 1 is 1.15 bits per heavy atom. The van der Waals surface area contributed by atoms with Crippen LogP contribution < -0.4 is 4.74 Å². The van der Waals surface area contributed by atoms with E-state index in [9.17, 15) is 18.4 Å². The van der Waals surface area contributed by atoms with Gasteiger partial charge < -0.3 is 4.74 Å². The van der Waals surface area contributed by atoms with Gasteiger partial charge in [-0.05, 0) is 29.8 Å². The molecule has 0 bridgehead atoms. The van der Waals surface area contributed by atoms with E-state index in [4.69, 9.17) is 4.74 Å².